The van der Waals surface area contributed by atoms with Crippen LogP contribution in [0.3, 0.4) is 0 Å². The summed E-state index contributed by atoms with van der Waals surface area (Å²) in [6.45, 7) is 2.31. The van der Waals surface area contributed by atoms with Gasteiger partial charge in [-0.15, -0.1) is 0 Å². The zero-order valence-corrected chi connectivity index (χ0v) is 10.2. The number of hydrogen-bond donors (Lipinski definition) is 1. The van der Waals surface area contributed by atoms with Gasteiger partial charge in [-0.3, -0.25) is 4.79 Å². The molecule has 1 fully saturated rings. The van der Waals surface area contributed by atoms with Crippen LogP contribution in [0.4, 0.5) is 0 Å². The summed E-state index contributed by atoms with van der Waals surface area (Å²) in [5.41, 5.74) is 0. The lowest BCUT2D eigenvalue weighted by Crippen LogP contribution is -2.40. The van der Waals surface area contributed by atoms with E-state index in [1.165, 1.54) is 25.7 Å². The number of amides is 1. The van der Waals surface area contributed by atoms with Crippen LogP contribution in [0.1, 0.15) is 51.9 Å². The zero-order valence-electron chi connectivity index (χ0n) is 10.2. The third-order valence-electron chi connectivity index (χ3n) is 4.00. The zero-order chi connectivity index (χ0) is 11.4. The van der Waals surface area contributed by atoms with Crippen LogP contribution in [-0.4, -0.2) is 11.9 Å². The van der Waals surface area contributed by atoms with Gasteiger partial charge >= 0.3 is 0 Å². The smallest absolute Gasteiger partial charge is 0.223 e. The first-order chi connectivity index (χ1) is 7.75. The first-order valence-electron chi connectivity index (χ1n) is 6.71. The molecular formula is C14H23NO. The van der Waals surface area contributed by atoms with Crippen molar-refractivity contribution in [1.82, 2.24) is 5.32 Å². The van der Waals surface area contributed by atoms with Crippen molar-refractivity contribution in [2.75, 3.05) is 0 Å². The largest absolute Gasteiger partial charge is 0.353 e. The molecule has 2 nitrogen and oxygen atoms in total. The Morgan fingerprint density at radius 3 is 2.50 bits per heavy atom. The van der Waals surface area contributed by atoms with E-state index in [0.717, 1.165) is 25.2 Å². The molecule has 0 aromatic heterocycles. The van der Waals surface area contributed by atoms with Crippen LogP contribution in [0.5, 0.6) is 0 Å². The van der Waals surface area contributed by atoms with Gasteiger partial charge in [-0.25, -0.2) is 0 Å². The van der Waals surface area contributed by atoms with Gasteiger partial charge in [0.1, 0.15) is 0 Å². The molecule has 0 aromatic rings. The van der Waals surface area contributed by atoms with E-state index < -0.39 is 0 Å². The van der Waals surface area contributed by atoms with Gasteiger partial charge in [-0.1, -0.05) is 19.1 Å². The second-order valence-electron chi connectivity index (χ2n) is 5.45. The van der Waals surface area contributed by atoms with Crippen LogP contribution in [0.15, 0.2) is 12.2 Å². The Hall–Kier alpha value is -0.790. The van der Waals surface area contributed by atoms with Gasteiger partial charge < -0.3 is 5.32 Å². The summed E-state index contributed by atoms with van der Waals surface area (Å²) < 4.78 is 0. The Labute approximate surface area is 98.5 Å². The maximum Gasteiger partial charge on any atom is 0.223 e. The molecule has 2 rings (SSSR count). The summed E-state index contributed by atoms with van der Waals surface area (Å²) in [6, 6.07) is 0.453. The van der Waals surface area contributed by atoms with E-state index in [4.69, 9.17) is 0 Å². The minimum Gasteiger partial charge on any atom is -0.353 e. The van der Waals surface area contributed by atoms with E-state index in [1.807, 2.05) is 0 Å². The number of rotatable bonds is 2. The third kappa shape index (κ3) is 3.10. The fourth-order valence-electron chi connectivity index (χ4n) is 2.76. The molecule has 16 heavy (non-hydrogen) atoms. The summed E-state index contributed by atoms with van der Waals surface area (Å²) in [5.74, 6) is 1.39. The molecule has 0 radical (unpaired) electrons. The molecule has 2 aliphatic rings. The summed E-state index contributed by atoms with van der Waals surface area (Å²) in [6.07, 6.45) is 12.3. The SMILES string of the molecule is CC1CCC(NC(=O)[C@H]2CC=CCC2)CC1. The molecule has 2 aliphatic carbocycles. The highest BCUT2D eigenvalue weighted by atomic mass is 16.1. The quantitative estimate of drug-likeness (QED) is 0.713. The van der Waals surface area contributed by atoms with Crippen molar-refractivity contribution >= 4 is 5.91 Å². The molecular weight excluding hydrogens is 198 g/mol. The fraction of sp³-hybridized carbons (Fsp3) is 0.786. The minimum atomic E-state index is 0.240. The number of hydrogen-bond acceptors (Lipinski definition) is 1. The van der Waals surface area contributed by atoms with Crippen LogP contribution in [0.25, 0.3) is 0 Å². The van der Waals surface area contributed by atoms with Crippen LogP contribution < -0.4 is 5.32 Å². The lowest BCUT2D eigenvalue weighted by molar-refractivity contribution is -0.126. The molecule has 0 spiro atoms. The van der Waals surface area contributed by atoms with Crippen molar-refractivity contribution in [2.45, 2.75) is 57.9 Å². The molecule has 1 N–H and O–H groups in total. The number of carbonyl (C=O) groups excluding carboxylic acids is 1. The second-order valence-corrected chi connectivity index (χ2v) is 5.45. The van der Waals surface area contributed by atoms with E-state index in [-0.39, 0.29) is 5.92 Å². The van der Waals surface area contributed by atoms with E-state index in [2.05, 4.69) is 24.4 Å². The van der Waals surface area contributed by atoms with Crippen LogP contribution in [0, 0.1) is 11.8 Å². The molecule has 0 saturated heterocycles. The lowest BCUT2D eigenvalue weighted by Gasteiger charge is -2.28. The third-order valence-corrected chi connectivity index (χ3v) is 4.00. The van der Waals surface area contributed by atoms with Gasteiger partial charge in [-0.2, -0.15) is 0 Å². The first kappa shape index (κ1) is 11.7. The average molecular weight is 221 g/mol. The standard InChI is InChI=1S/C14H23NO/c1-11-7-9-13(10-8-11)15-14(16)12-5-3-2-4-6-12/h2-3,11-13H,4-10H2,1H3,(H,15,16)/t11?,12-,13?/m0/s1. The Morgan fingerprint density at radius 1 is 1.12 bits per heavy atom. The Kier molecular flexibility index (Phi) is 4.03. The molecule has 0 heterocycles. The molecule has 0 aliphatic heterocycles. The van der Waals surface area contributed by atoms with Gasteiger partial charge in [-0.05, 0) is 50.9 Å². The Morgan fingerprint density at radius 2 is 1.88 bits per heavy atom. The van der Waals surface area contributed by atoms with E-state index in [9.17, 15) is 4.79 Å². The van der Waals surface area contributed by atoms with Crippen LogP contribution in [0.2, 0.25) is 0 Å². The van der Waals surface area contributed by atoms with Gasteiger partial charge in [0.05, 0.1) is 0 Å². The lowest BCUT2D eigenvalue weighted by atomic mass is 9.86. The topological polar surface area (TPSA) is 29.1 Å². The Bertz CT molecular complexity index is 264. The Balaban J connectivity index is 1.76. The van der Waals surface area contributed by atoms with Gasteiger partial charge in [0.25, 0.3) is 0 Å². The number of nitrogens with one attached hydrogen (secondary N) is 1. The van der Waals surface area contributed by atoms with E-state index >= 15 is 0 Å². The predicted molar refractivity (Wildman–Crippen MR) is 66.0 cm³/mol. The van der Waals surface area contributed by atoms with Crippen LogP contribution in [-0.2, 0) is 4.79 Å². The fourth-order valence-corrected chi connectivity index (χ4v) is 2.76. The average Bonchev–Trinajstić information content (AvgIpc) is 2.33. The predicted octanol–water partition coefficient (Wildman–Crippen LogP) is 3.04. The monoisotopic (exact) mass is 221 g/mol. The van der Waals surface area contributed by atoms with Gasteiger partial charge in [0, 0.05) is 12.0 Å². The molecule has 1 atom stereocenters. The highest BCUT2D eigenvalue weighted by molar-refractivity contribution is 5.79. The number of carbonyl (C=O) groups is 1. The highest BCUT2D eigenvalue weighted by Crippen LogP contribution is 2.24. The van der Waals surface area contributed by atoms with Gasteiger partial charge in [0.2, 0.25) is 5.91 Å². The van der Waals surface area contributed by atoms with Crippen molar-refractivity contribution in [3.8, 4) is 0 Å². The summed E-state index contributed by atoms with van der Waals surface area (Å²) >= 11 is 0. The molecule has 90 valence electrons. The van der Waals surface area contributed by atoms with Crippen molar-refractivity contribution in [3.05, 3.63) is 12.2 Å². The maximum atomic E-state index is 12.0. The van der Waals surface area contributed by atoms with Crippen LogP contribution >= 0.6 is 0 Å². The molecule has 0 aromatic carbocycles. The first-order valence-corrected chi connectivity index (χ1v) is 6.71. The molecule has 0 unspecified atom stereocenters. The summed E-state index contributed by atoms with van der Waals surface area (Å²) in [4.78, 5) is 12.0. The maximum absolute atomic E-state index is 12.0. The molecule has 2 heteroatoms. The molecule has 1 saturated carbocycles. The molecule has 0 bridgehead atoms. The van der Waals surface area contributed by atoms with Crippen molar-refractivity contribution in [3.63, 3.8) is 0 Å². The molecule has 1 amide bonds. The second kappa shape index (κ2) is 5.51. The number of allylic oxidation sites excluding steroid dienone is 2. The van der Waals surface area contributed by atoms with E-state index in [0.29, 0.717) is 11.9 Å². The van der Waals surface area contributed by atoms with E-state index in [1.54, 1.807) is 0 Å². The van der Waals surface area contributed by atoms with Crippen molar-refractivity contribution in [2.24, 2.45) is 11.8 Å². The highest BCUT2D eigenvalue weighted by Gasteiger charge is 2.24. The summed E-state index contributed by atoms with van der Waals surface area (Å²) in [7, 11) is 0. The van der Waals surface area contributed by atoms with Crippen molar-refractivity contribution in [1.29, 1.82) is 0 Å². The van der Waals surface area contributed by atoms with Crippen molar-refractivity contribution < 1.29 is 4.79 Å². The van der Waals surface area contributed by atoms with Gasteiger partial charge in [0.15, 0.2) is 0 Å². The minimum absolute atomic E-state index is 0.240. The summed E-state index contributed by atoms with van der Waals surface area (Å²) in [5, 5.41) is 3.24. The normalized spacial score (nSPS) is 34.7.